The van der Waals surface area contributed by atoms with Crippen LogP contribution < -0.4 is 5.73 Å². The smallest absolute Gasteiger partial charge is 0.214 e. The molecule has 0 aliphatic heterocycles. The van der Waals surface area contributed by atoms with Crippen molar-refractivity contribution in [3.05, 3.63) is 0 Å². The SMILES string of the molecule is CCCN(CCCN)S(=O)(=O)CC1CC1. The maximum atomic E-state index is 12.0. The average molecular weight is 234 g/mol. The maximum Gasteiger partial charge on any atom is 0.214 e. The highest BCUT2D eigenvalue weighted by Crippen LogP contribution is 2.31. The van der Waals surface area contributed by atoms with E-state index in [1.807, 2.05) is 6.92 Å². The van der Waals surface area contributed by atoms with Crippen LogP contribution in [0.4, 0.5) is 0 Å². The van der Waals surface area contributed by atoms with Crippen LogP contribution in [-0.4, -0.2) is 38.1 Å². The Morgan fingerprint density at radius 1 is 1.33 bits per heavy atom. The van der Waals surface area contributed by atoms with Crippen LogP contribution in [0, 0.1) is 5.92 Å². The van der Waals surface area contributed by atoms with E-state index in [-0.39, 0.29) is 0 Å². The van der Waals surface area contributed by atoms with Crippen LogP contribution in [0.5, 0.6) is 0 Å². The van der Waals surface area contributed by atoms with Gasteiger partial charge in [-0.1, -0.05) is 6.92 Å². The van der Waals surface area contributed by atoms with Gasteiger partial charge in [-0.2, -0.15) is 0 Å². The lowest BCUT2D eigenvalue weighted by atomic mass is 10.4. The summed E-state index contributed by atoms with van der Waals surface area (Å²) in [6, 6.07) is 0. The maximum absolute atomic E-state index is 12.0. The number of rotatable bonds is 8. The van der Waals surface area contributed by atoms with Crippen molar-refractivity contribution in [2.24, 2.45) is 11.7 Å². The second-order valence-corrected chi connectivity index (χ2v) is 6.28. The molecule has 0 aromatic heterocycles. The largest absolute Gasteiger partial charge is 0.330 e. The van der Waals surface area contributed by atoms with Crippen molar-refractivity contribution >= 4 is 10.0 Å². The summed E-state index contributed by atoms with van der Waals surface area (Å²) in [4.78, 5) is 0. The molecule has 4 nitrogen and oxygen atoms in total. The molecule has 1 rings (SSSR count). The number of hydrogen-bond donors (Lipinski definition) is 1. The molecule has 0 spiro atoms. The van der Waals surface area contributed by atoms with Gasteiger partial charge in [0, 0.05) is 13.1 Å². The molecule has 0 radical (unpaired) electrons. The van der Waals surface area contributed by atoms with Gasteiger partial charge < -0.3 is 5.73 Å². The molecule has 15 heavy (non-hydrogen) atoms. The van der Waals surface area contributed by atoms with E-state index >= 15 is 0 Å². The van der Waals surface area contributed by atoms with Crippen LogP contribution in [-0.2, 0) is 10.0 Å². The summed E-state index contributed by atoms with van der Waals surface area (Å²) < 4.78 is 25.5. The van der Waals surface area contributed by atoms with Crippen LogP contribution in [0.2, 0.25) is 0 Å². The molecule has 1 saturated carbocycles. The second-order valence-electron chi connectivity index (χ2n) is 4.26. The van der Waals surface area contributed by atoms with E-state index in [1.165, 1.54) is 0 Å². The fraction of sp³-hybridized carbons (Fsp3) is 1.00. The first-order valence-electron chi connectivity index (χ1n) is 5.78. The Morgan fingerprint density at radius 3 is 2.47 bits per heavy atom. The van der Waals surface area contributed by atoms with Crippen LogP contribution in [0.3, 0.4) is 0 Å². The Bertz CT molecular complexity index is 273. The van der Waals surface area contributed by atoms with Crippen molar-refractivity contribution in [1.82, 2.24) is 4.31 Å². The van der Waals surface area contributed by atoms with Gasteiger partial charge >= 0.3 is 0 Å². The zero-order chi connectivity index (χ0) is 11.3. The van der Waals surface area contributed by atoms with Gasteiger partial charge in [-0.05, 0) is 38.1 Å². The minimum atomic E-state index is -3.02. The van der Waals surface area contributed by atoms with Crippen molar-refractivity contribution in [3.63, 3.8) is 0 Å². The Labute approximate surface area is 92.9 Å². The number of hydrogen-bond acceptors (Lipinski definition) is 3. The first-order chi connectivity index (χ1) is 7.10. The molecule has 1 aliphatic rings. The molecular weight excluding hydrogens is 212 g/mol. The third-order valence-electron chi connectivity index (χ3n) is 2.62. The number of sulfonamides is 1. The third-order valence-corrected chi connectivity index (χ3v) is 4.67. The normalized spacial score (nSPS) is 17.3. The molecule has 0 aromatic carbocycles. The van der Waals surface area contributed by atoms with Crippen molar-refractivity contribution in [2.75, 3.05) is 25.4 Å². The molecular formula is C10H22N2O2S. The van der Waals surface area contributed by atoms with Crippen molar-refractivity contribution < 1.29 is 8.42 Å². The fourth-order valence-corrected chi connectivity index (χ4v) is 3.60. The van der Waals surface area contributed by atoms with E-state index in [9.17, 15) is 8.42 Å². The third kappa shape index (κ3) is 4.49. The summed E-state index contributed by atoms with van der Waals surface area (Å²) in [5, 5.41) is 0. The van der Waals surface area contributed by atoms with Gasteiger partial charge in [0.1, 0.15) is 0 Å². The summed E-state index contributed by atoms with van der Waals surface area (Å²) in [5.41, 5.74) is 5.41. The summed E-state index contributed by atoms with van der Waals surface area (Å²) in [5.74, 6) is 0.768. The van der Waals surface area contributed by atoms with Gasteiger partial charge in [0.05, 0.1) is 5.75 Å². The molecule has 0 heterocycles. The van der Waals surface area contributed by atoms with Crippen molar-refractivity contribution in [3.8, 4) is 0 Å². The summed E-state index contributed by atoms with van der Waals surface area (Å²) in [6.45, 7) is 3.77. The predicted molar refractivity (Wildman–Crippen MR) is 62.0 cm³/mol. The average Bonchev–Trinajstić information content (AvgIpc) is 2.95. The van der Waals surface area contributed by atoms with E-state index in [2.05, 4.69) is 0 Å². The van der Waals surface area contributed by atoms with E-state index in [0.717, 1.165) is 25.7 Å². The van der Waals surface area contributed by atoms with Crippen molar-refractivity contribution in [2.45, 2.75) is 32.6 Å². The number of nitrogens with zero attached hydrogens (tertiary/aromatic N) is 1. The van der Waals surface area contributed by atoms with Gasteiger partial charge in [0.25, 0.3) is 0 Å². The standard InChI is InChI=1S/C10H22N2O2S/c1-2-7-12(8-3-6-11)15(13,14)9-10-4-5-10/h10H,2-9,11H2,1H3. The first kappa shape index (κ1) is 12.9. The highest BCUT2D eigenvalue weighted by molar-refractivity contribution is 7.89. The molecule has 1 aliphatic carbocycles. The summed E-state index contributed by atoms with van der Waals surface area (Å²) in [7, 11) is -3.02. The highest BCUT2D eigenvalue weighted by Gasteiger charge is 2.31. The van der Waals surface area contributed by atoms with Gasteiger partial charge in [-0.3, -0.25) is 0 Å². The van der Waals surface area contributed by atoms with Crippen LogP contribution in [0.1, 0.15) is 32.6 Å². The van der Waals surface area contributed by atoms with Gasteiger partial charge in [0.2, 0.25) is 10.0 Å². The molecule has 1 fully saturated rings. The monoisotopic (exact) mass is 234 g/mol. The Balaban J connectivity index is 2.50. The lowest BCUT2D eigenvalue weighted by Crippen LogP contribution is -2.35. The van der Waals surface area contributed by atoms with Crippen LogP contribution in [0.15, 0.2) is 0 Å². The molecule has 0 unspecified atom stereocenters. The number of nitrogens with two attached hydrogens (primary N) is 1. The van der Waals surface area contributed by atoms with Gasteiger partial charge in [0.15, 0.2) is 0 Å². The van der Waals surface area contributed by atoms with Gasteiger partial charge in [-0.15, -0.1) is 0 Å². The lowest BCUT2D eigenvalue weighted by Gasteiger charge is -2.21. The van der Waals surface area contributed by atoms with E-state index < -0.39 is 10.0 Å². The Kier molecular flexibility index (Phi) is 5.02. The molecule has 90 valence electrons. The zero-order valence-electron chi connectivity index (χ0n) is 9.48. The molecule has 0 atom stereocenters. The highest BCUT2D eigenvalue weighted by atomic mass is 32.2. The van der Waals surface area contributed by atoms with Crippen molar-refractivity contribution in [1.29, 1.82) is 0 Å². The topological polar surface area (TPSA) is 63.4 Å². The molecule has 5 heteroatoms. The van der Waals surface area contributed by atoms with Crippen LogP contribution >= 0.6 is 0 Å². The van der Waals surface area contributed by atoms with E-state index in [1.54, 1.807) is 4.31 Å². The molecule has 0 aromatic rings. The van der Waals surface area contributed by atoms with Gasteiger partial charge in [-0.25, -0.2) is 12.7 Å². The molecule has 0 bridgehead atoms. The second kappa shape index (κ2) is 5.82. The Morgan fingerprint density at radius 2 is 2.00 bits per heavy atom. The summed E-state index contributed by atoms with van der Waals surface area (Å²) in [6.07, 6.45) is 3.78. The van der Waals surface area contributed by atoms with E-state index in [0.29, 0.717) is 31.3 Å². The van der Waals surface area contributed by atoms with Crippen LogP contribution in [0.25, 0.3) is 0 Å². The zero-order valence-corrected chi connectivity index (χ0v) is 10.3. The quantitative estimate of drug-likeness (QED) is 0.675. The predicted octanol–water partition coefficient (Wildman–Crippen LogP) is 0.787. The minimum absolute atomic E-state index is 0.345. The summed E-state index contributed by atoms with van der Waals surface area (Å²) >= 11 is 0. The molecule has 0 saturated heterocycles. The lowest BCUT2D eigenvalue weighted by molar-refractivity contribution is 0.405. The fourth-order valence-electron chi connectivity index (χ4n) is 1.59. The molecule has 2 N–H and O–H groups in total. The van der Waals surface area contributed by atoms with E-state index in [4.69, 9.17) is 5.73 Å². The Hall–Kier alpha value is -0.130. The molecule has 0 amide bonds. The minimum Gasteiger partial charge on any atom is -0.330 e. The first-order valence-corrected chi connectivity index (χ1v) is 7.39.